The lowest BCUT2D eigenvalue weighted by Gasteiger charge is -2.44. The minimum Gasteiger partial charge on any atom is -0.436 e. The standard InChI is InChI=1S/C25H45NO3Si4.4CH4/c1-8-9-22-31(4,5)28-33(24-17-12-10-13-18-24,25-19-14-11-15-20-25)29-32(6,7)27-30(2,3)23-16-21-26;;;;/h10-15,17-20H,8-9,16,21-23,26H2,1-7H3;4*1H4. The largest absolute Gasteiger partial charge is 0.436 e. The Morgan fingerprint density at radius 3 is 1.41 bits per heavy atom. The molecule has 2 aromatic rings. The molecule has 0 atom stereocenters. The summed E-state index contributed by atoms with van der Waals surface area (Å²) in [4.78, 5) is 0. The number of hydrogen-bond acceptors (Lipinski definition) is 4. The van der Waals surface area contributed by atoms with Crippen molar-refractivity contribution in [1.82, 2.24) is 0 Å². The zero-order valence-electron chi connectivity index (χ0n) is 21.8. The summed E-state index contributed by atoms with van der Waals surface area (Å²) in [6.45, 7) is 16.6. The van der Waals surface area contributed by atoms with Crippen molar-refractivity contribution in [2.24, 2.45) is 5.73 Å². The van der Waals surface area contributed by atoms with Gasteiger partial charge in [0.1, 0.15) is 0 Å². The van der Waals surface area contributed by atoms with Crippen LogP contribution < -0.4 is 16.1 Å². The minimum absolute atomic E-state index is 0. The van der Waals surface area contributed by atoms with Crippen LogP contribution >= 0.6 is 0 Å². The van der Waals surface area contributed by atoms with Crippen molar-refractivity contribution < 1.29 is 12.3 Å². The fourth-order valence-electron chi connectivity index (χ4n) is 4.39. The zero-order chi connectivity index (χ0) is 24.6. The van der Waals surface area contributed by atoms with Crippen molar-refractivity contribution in [1.29, 1.82) is 0 Å². The van der Waals surface area contributed by atoms with Crippen LogP contribution in [0.5, 0.6) is 0 Å². The Hall–Kier alpha value is -0.852. The van der Waals surface area contributed by atoms with E-state index in [1.165, 1.54) is 23.2 Å². The normalized spacial score (nSPS) is 11.9. The van der Waals surface area contributed by atoms with Gasteiger partial charge in [0.2, 0.25) is 0 Å². The second kappa shape index (κ2) is 17.7. The van der Waals surface area contributed by atoms with Crippen LogP contribution in [0.2, 0.25) is 51.4 Å². The summed E-state index contributed by atoms with van der Waals surface area (Å²) in [5.74, 6) is 0. The molecule has 0 heterocycles. The number of unbranched alkanes of at least 4 members (excludes halogenated alkanes) is 1. The molecular formula is C29H61NO3Si4. The zero-order valence-corrected chi connectivity index (χ0v) is 25.8. The molecule has 216 valence electrons. The fourth-order valence-corrected chi connectivity index (χ4v) is 23.2. The Balaban J connectivity index is -0.00000289. The highest BCUT2D eigenvalue weighted by Crippen LogP contribution is 2.28. The molecule has 37 heavy (non-hydrogen) atoms. The molecule has 0 aliphatic heterocycles. The average molecular weight is 584 g/mol. The quantitative estimate of drug-likeness (QED) is 0.228. The van der Waals surface area contributed by atoms with Crippen LogP contribution in [0.25, 0.3) is 0 Å². The van der Waals surface area contributed by atoms with Gasteiger partial charge in [0.05, 0.1) is 0 Å². The molecule has 0 aliphatic carbocycles. The van der Waals surface area contributed by atoms with Gasteiger partial charge in [-0.05, 0) is 74.7 Å². The Morgan fingerprint density at radius 1 is 0.595 bits per heavy atom. The lowest BCUT2D eigenvalue weighted by Crippen LogP contribution is -2.71. The third-order valence-electron chi connectivity index (χ3n) is 5.75. The number of hydrogen-bond donors (Lipinski definition) is 1. The molecule has 2 rings (SSSR count). The van der Waals surface area contributed by atoms with Gasteiger partial charge in [-0.2, -0.15) is 0 Å². The van der Waals surface area contributed by atoms with Crippen LogP contribution in [0.4, 0.5) is 0 Å². The second-order valence-corrected chi connectivity index (χ2v) is 26.2. The van der Waals surface area contributed by atoms with Gasteiger partial charge < -0.3 is 18.1 Å². The predicted octanol–water partition coefficient (Wildman–Crippen LogP) is 8.10. The smallest absolute Gasteiger partial charge is 0.388 e. The molecule has 0 radical (unpaired) electrons. The molecular weight excluding hydrogens is 523 g/mol. The topological polar surface area (TPSA) is 53.7 Å². The first-order valence-electron chi connectivity index (χ1n) is 12.4. The molecule has 0 fully saturated rings. The maximum absolute atomic E-state index is 7.34. The highest BCUT2D eigenvalue weighted by atomic mass is 28.5. The van der Waals surface area contributed by atoms with Gasteiger partial charge >= 0.3 is 17.1 Å². The number of benzene rings is 2. The van der Waals surface area contributed by atoms with Crippen LogP contribution in [0, 0.1) is 0 Å². The van der Waals surface area contributed by atoms with Gasteiger partial charge in [0, 0.05) is 0 Å². The van der Waals surface area contributed by atoms with Crippen molar-refractivity contribution >= 4 is 44.1 Å². The van der Waals surface area contributed by atoms with Crippen LogP contribution in [0.1, 0.15) is 55.9 Å². The van der Waals surface area contributed by atoms with E-state index in [-0.39, 0.29) is 29.7 Å². The van der Waals surface area contributed by atoms with E-state index in [4.69, 9.17) is 18.1 Å². The first-order chi connectivity index (χ1) is 15.5. The maximum atomic E-state index is 7.34. The van der Waals surface area contributed by atoms with Crippen LogP contribution in [-0.4, -0.2) is 40.3 Å². The van der Waals surface area contributed by atoms with E-state index >= 15 is 0 Å². The minimum atomic E-state index is -3.00. The van der Waals surface area contributed by atoms with Crippen molar-refractivity contribution in [2.45, 2.75) is 107 Å². The SMILES string of the molecule is C.C.C.C.CCCC[Si](C)(C)O[Si](O[Si](C)(C)O[Si](C)(C)CCCN)(c1ccccc1)c1ccccc1. The van der Waals surface area contributed by atoms with Crippen LogP contribution in [0.3, 0.4) is 0 Å². The van der Waals surface area contributed by atoms with Crippen molar-refractivity contribution in [3.05, 3.63) is 60.7 Å². The monoisotopic (exact) mass is 583 g/mol. The van der Waals surface area contributed by atoms with E-state index < -0.39 is 33.8 Å². The lowest BCUT2D eigenvalue weighted by atomic mass is 10.4. The highest BCUT2D eigenvalue weighted by Gasteiger charge is 2.52. The van der Waals surface area contributed by atoms with E-state index in [9.17, 15) is 0 Å². The lowest BCUT2D eigenvalue weighted by molar-refractivity contribution is 0.339. The van der Waals surface area contributed by atoms with Crippen LogP contribution in [-0.2, 0) is 12.3 Å². The van der Waals surface area contributed by atoms with E-state index in [0.29, 0.717) is 6.54 Å². The van der Waals surface area contributed by atoms with Gasteiger partial charge in [-0.1, -0.05) is 110 Å². The van der Waals surface area contributed by atoms with Crippen molar-refractivity contribution in [2.75, 3.05) is 6.54 Å². The summed E-state index contributed by atoms with van der Waals surface area (Å²) in [5, 5.41) is 2.33. The molecule has 0 unspecified atom stereocenters. The Bertz CT molecular complexity index is 794. The Kier molecular flexibility index (Phi) is 19.4. The van der Waals surface area contributed by atoms with E-state index in [0.717, 1.165) is 18.5 Å². The molecule has 0 bridgehead atoms. The van der Waals surface area contributed by atoms with Gasteiger partial charge in [-0.25, -0.2) is 0 Å². The molecule has 0 saturated carbocycles. The summed E-state index contributed by atoms with van der Waals surface area (Å²) in [6, 6.07) is 23.4. The van der Waals surface area contributed by atoms with E-state index in [2.05, 4.69) is 107 Å². The first kappa shape index (κ1) is 40.6. The van der Waals surface area contributed by atoms with Gasteiger partial charge in [0.15, 0.2) is 16.6 Å². The van der Waals surface area contributed by atoms with Crippen molar-refractivity contribution in [3.8, 4) is 0 Å². The third-order valence-corrected chi connectivity index (χ3v) is 21.7. The van der Waals surface area contributed by atoms with E-state index in [1.54, 1.807) is 0 Å². The average Bonchev–Trinajstić information content (AvgIpc) is 2.76. The summed E-state index contributed by atoms with van der Waals surface area (Å²) in [6.07, 6.45) is 3.36. The molecule has 0 aliphatic rings. The second-order valence-electron chi connectivity index (χ2n) is 10.6. The summed E-state index contributed by atoms with van der Waals surface area (Å²) in [5.41, 5.74) is 5.80. The van der Waals surface area contributed by atoms with Crippen LogP contribution in [0.15, 0.2) is 60.7 Å². The molecule has 4 nitrogen and oxygen atoms in total. The highest BCUT2D eigenvalue weighted by molar-refractivity contribution is 7.02. The summed E-state index contributed by atoms with van der Waals surface area (Å²) in [7, 11) is -9.46. The Labute approximate surface area is 236 Å². The first-order valence-corrected chi connectivity index (χ1v) is 23.2. The maximum Gasteiger partial charge on any atom is 0.388 e. The third kappa shape index (κ3) is 12.7. The molecule has 2 N–H and O–H groups in total. The molecule has 8 heteroatoms. The number of rotatable bonds is 14. The van der Waals surface area contributed by atoms with Crippen molar-refractivity contribution in [3.63, 3.8) is 0 Å². The number of nitrogens with two attached hydrogens (primary N) is 1. The Morgan fingerprint density at radius 2 is 1.00 bits per heavy atom. The fraction of sp³-hybridized carbons (Fsp3) is 0.586. The summed E-state index contributed by atoms with van der Waals surface area (Å²) < 4.78 is 21.5. The molecule has 0 amide bonds. The molecule has 0 saturated heterocycles. The van der Waals surface area contributed by atoms with Gasteiger partial charge in [-0.15, -0.1) is 0 Å². The molecule has 0 spiro atoms. The van der Waals surface area contributed by atoms with Gasteiger partial charge in [-0.3, -0.25) is 0 Å². The molecule has 0 aromatic heterocycles. The van der Waals surface area contributed by atoms with E-state index in [1.807, 2.05) is 0 Å². The van der Waals surface area contributed by atoms with Gasteiger partial charge in [0.25, 0.3) is 0 Å². The predicted molar refractivity (Wildman–Crippen MR) is 179 cm³/mol. The summed E-state index contributed by atoms with van der Waals surface area (Å²) >= 11 is 0. The molecule has 2 aromatic carbocycles.